The highest BCUT2D eigenvalue weighted by Crippen LogP contribution is 2.29. The fourth-order valence-corrected chi connectivity index (χ4v) is 3.38. The van der Waals surface area contributed by atoms with Crippen LogP contribution in [0.4, 0.5) is 9.59 Å². The Kier molecular flexibility index (Phi) is 9.77. The Morgan fingerprint density at radius 1 is 0.865 bits per heavy atom. The number of alkyl carbamates (subject to hydrolysis) is 1. The van der Waals surface area contributed by atoms with Gasteiger partial charge in [0.15, 0.2) is 11.5 Å². The fourth-order valence-electron chi connectivity index (χ4n) is 3.38. The van der Waals surface area contributed by atoms with Gasteiger partial charge in [0, 0.05) is 19.6 Å². The van der Waals surface area contributed by atoms with Gasteiger partial charge >= 0.3 is 12.2 Å². The van der Waals surface area contributed by atoms with E-state index < -0.39 is 17.8 Å². The first-order chi connectivity index (χ1) is 17.7. The molecule has 0 unspecified atom stereocenters. The first-order valence-electron chi connectivity index (χ1n) is 12.1. The topological polar surface area (TPSA) is 86.3 Å². The molecule has 0 heterocycles. The molecule has 196 valence electrons. The monoisotopic (exact) mass is 506 g/mol. The van der Waals surface area contributed by atoms with Crippen LogP contribution >= 0.6 is 0 Å². The van der Waals surface area contributed by atoms with Crippen LogP contribution in [0.1, 0.15) is 31.9 Å². The Morgan fingerprint density at radius 2 is 1.54 bits per heavy atom. The minimum atomic E-state index is -0.614. The number of carbonyl (C=O) groups is 2. The quantitative estimate of drug-likeness (QED) is 0.374. The smallest absolute Gasteiger partial charge is 0.415 e. The molecule has 0 atom stereocenters. The minimum absolute atomic E-state index is 0.189. The summed E-state index contributed by atoms with van der Waals surface area (Å²) < 4.78 is 22.3. The van der Waals surface area contributed by atoms with Gasteiger partial charge in [-0.05, 0) is 56.2 Å². The summed E-state index contributed by atoms with van der Waals surface area (Å²) in [7, 11) is 1.57. The number of carbonyl (C=O) groups excluding carboxylic acids is 2. The molecule has 0 aliphatic rings. The SMILES string of the molecule is COc1cc(CN(CCNC(=O)OC(C)(C)C)C(=O)Oc2ccccc2)ccc1OCc1ccccc1. The number of para-hydroxylation sites is 1. The predicted molar refractivity (Wildman–Crippen MR) is 141 cm³/mol. The Balaban J connectivity index is 1.69. The molecule has 3 aromatic carbocycles. The maximum Gasteiger partial charge on any atom is 0.415 e. The van der Waals surface area contributed by atoms with Crippen LogP contribution in [-0.4, -0.2) is 42.9 Å². The number of benzene rings is 3. The largest absolute Gasteiger partial charge is 0.493 e. The van der Waals surface area contributed by atoms with Gasteiger partial charge < -0.3 is 29.2 Å². The summed E-state index contributed by atoms with van der Waals surface area (Å²) in [5.41, 5.74) is 1.24. The number of hydrogen-bond donors (Lipinski definition) is 1. The van der Waals surface area contributed by atoms with Gasteiger partial charge in [0.2, 0.25) is 0 Å². The van der Waals surface area contributed by atoms with Crippen molar-refractivity contribution in [3.63, 3.8) is 0 Å². The van der Waals surface area contributed by atoms with E-state index in [1.807, 2.05) is 54.6 Å². The molecule has 0 spiro atoms. The highest BCUT2D eigenvalue weighted by atomic mass is 16.6. The zero-order chi connectivity index (χ0) is 26.7. The second-order valence-corrected chi connectivity index (χ2v) is 9.29. The van der Waals surface area contributed by atoms with Crippen LogP contribution in [0.2, 0.25) is 0 Å². The van der Waals surface area contributed by atoms with E-state index >= 15 is 0 Å². The Bertz CT molecular complexity index is 1150. The lowest BCUT2D eigenvalue weighted by atomic mass is 10.2. The molecule has 3 aromatic rings. The molecule has 0 radical (unpaired) electrons. The molecule has 2 amide bonds. The molecule has 37 heavy (non-hydrogen) atoms. The molecule has 8 heteroatoms. The first-order valence-corrected chi connectivity index (χ1v) is 12.1. The first kappa shape index (κ1) is 27.4. The molecule has 0 aliphatic carbocycles. The number of hydrogen-bond acceptors (Lipinski definition) is 6. The Hall–Kier alpha value is -4.20. The Morgan fingerprint density at radius 3 is 2.19 bits per heavy atom. The highest BCUT2D eigenvalue weighted by molar-refractivity contribution is 5.71. The van der Waals surface area contributed by atoms with Crippen molar-refractivity contribution < 1.29 is 28.5 Å². The number of methoxy groups -OCH3 is 1. The third-order valence-corrected chi connectivity index (χ3v) is 5.10. The van der Waals surface area contributed by atoms with Gasteiger partial charge in [0.05, 0.1) is 7.11 Å². The second kappa shape index (κ2) is 13.2. The van der Waals surface area contributed by atoms with Gasteiger partial charge in [0.25, 0.3) is 0 Å². The lowest BCUT2D eigenvalue weighted by Crippen LogP contribution is -2.41. The van der Waals surface area contributed by atoms with Crippen LogP contribution in [0, 0.1) is 0 Å². The second-order valence-electron chi connectivity index (χ2n) is 9.29. The van der Waals surface area contributed by atoms with Crippen LogP contribution in [0.25, 0.3) is 0 Å². The van der Waals surface area contributed by atoms with E-state index in [1.54, 1.807) is 52.1 Å². The van der Waals surface area contributed by atoms with E-state index in [4.69, 9.17) is 18.9 Å². The van der Waals surface area contributed by atoms with E-state index in [2.05, 4.69) is 5.32 Å². The van der Waals surface area contributed by atoms with Crippen LogP contribution in [-0.2, 0) is 17.9 Å². The number of ether oxygens (including phenoxy) is 4. The van der Waals surface area contributed by atoms with Crippen molar-refractivity contribution in [2.75, 3.05) is 20.2 Å². The fraction of sp³-hybridized carbons (Fsp3) is 0.310. The molecule has 0 saturated carbocycles. The average molecular weight is 507 g/mol. The third kappa shape index (κ3) is 9.40. The summed E-state index contributed by atoms with van der Waals surface area (Å²) in [6.45, 7) is 6.40. The van der Waals surface area contributed by atoms with E-state index in [9.17, 15) is 9.59 Å². The van der Waals surface area contributed by atoms with Crippen molar-refractivity contribution in [3.05, 3.63) is 90.0 Å². The van der Waals surface area contributed by atoms with E-state index in [1.165, 1.54) is 4.90 Å². The molecular weight excluding hydrogens is 472 g/mol. The van der Waals surface area contributed by atoms with E-state index in [-0.39, 0.29) is 19.6 Å². The minimum Gasteiger partial charge on any atom is -0.493 e. The van der Waals surface area contributed by atoms with Gasteiger partial charge in [-0.15, -0.1) is 0 Å². The zero-order valence-electron chi connectivity index (χ0n) is 21.7. The standard InChI is InChI=1S/C29H34N2O6/c1-29(2,3)37-27(32)30-17-18-31(28(33)36-24-13-9-6-10-14-24)20-23-15-16-25(26(19-23)34-4)35-21-22-11-7-5-8-12-22/h5-16,19H,17-18,20-21H2,1-4H3,(H,30,32). The maximum absolute atomic E-state index is 13.0. The van der Waals surface area contributed by atoms with Crippen molar-refractivity contribution in [1.29, 1.82) is 0 Å². The van der Waals surface area contributed by atoms with Crippen molar-refractivity contribution in [3.8, 4) is 17.2 Å². The molecular formula is C29H34N2O6. The summed E-state index contributed by atoms with van der Waals surface area (Å²) >= 11 is 0. The average Bonchev–Trinajstić information content (AvgIpc) is 2.87. The normalized spacial score (nSPS) is 10.8. The summed E-state index contributed by atoms with van der Waals surface area (Å²) in [5, 5.41) is 2.68. The molecule has 0 aromatic heterocycles. The number of nitrogens with one attached hydrogen (secondary N) is 1. The van der Waals surface area contributed by atoms with Gasteiger partial charge in [-0.3, -0.25) is 0 Å². The Labute approximate surface area is 218 Å². The molecule has 0 bridgehead atoms. The summed E-state index contributed by atoms with van der Waals surface area (Å²) in [5.74, 6) is 1.58. The summed E-state index contributed by atoms with van der Waals surface area (Å²) in [4.78, 5) is 26.6. The molecule has 0 saturated heterocycles. The van der Waals surface area contributed by atoms with Crippen LogP contribution in [0.3, 0.4) is 0 Å². The lowest BCUT2D eigenvalue weighted by molar-refractivity contribution is 0.0520. The number of rotatable bonds is 10. The maximum atomic E-state index is 13.0. The predicted octanol–water partition coefficient (Wildman–Crippen LogP) is 5.80. The number of amides is 2. The summed E-state index contributed by atoms with van der Waals surface area (Å²) in [6.07, 6.45) is -1.09. The zero-order valence-corrected chi connectivity index (χ0v) is 21.7. The van der Waals surface area contributed by atoms with Gasteiger partial charge in [0.1, 0.15) is 18.0 Å². The third-order valence-electron chi connectivity index (χ3n) is 5.10. The van der Waals surface area contributed by atoms with Gasteiger partial charge in [-0.2, -0.15) is 0 Å². The van der Waals surface area contributed by atoms with Crippen molar-refractivity contribution in [2.45, 2.75) is 39.5 Å². The van der Waals surface area contributed by atoms with Crippen LogP contribution in [0.15, 0.2) is 78.9 Å². The molecule has 8 nitrogen and oxygen atoms in total. The molecule has 3 rings (SSSR count). The van der Waals surface area contributed by atoms with Crippen LogP contribution < -0.4 is 19.5 Å². The van der Waals surface area contributed by atoms with E-state index in [0.717, 1.165) is 11.1 Å². The van der Waals surface area contributed by atoms with Gasteiger partial charge in [-0.1, -0.05) is 54.6 Å². The molecule has 0 aliphatic heterocycles. The van der Waals surface area contributed by atoms with Crippen molar-refractivity contribution in [1.82, 2.24) is 10.2 Å². The summed E-state index contributed by atoms with van der Waals surface area (Å²) in [6, 6.07) is 24.2. The van der Waals surface area contributed by atoms with Crippen LogP contribution in [0.5, 0.6) is 17.2 Å². The molecule has 1 N–H and O–H groups in total. The number of nitrogens with zero attached hydrogens (tertiary/aromatic N) is 1. The molecule has 0 fully saturated rings. The van der Waals surface area contributed by atoms with Crippen molar-refractivity contribution in [2.24, 2.45) is 0 Å². The van der Waals surface area contributed by atoms with Gasteiger partial charge in [-0.25, -0.2) is 9.59 Å². The highest BCUT2D eigenvalue weighted by Gasteiger charge is 2.20. The lowest BCUT2D eigenvalue weighted by Gasteiger charge is -2.24. The van der Waals surface area contributed by atoms with E-state index in [0.29, 0.717) is 23.9 Å². The van der Waals surface area contributed by atoms with Crippen molar-refractivity contribution >= 4 is 12.2 Å².